The van der Waals surface area contributed by atoms with Crippen molar-refractivity contribution in [1.29, 1.82) is 0 Å². The minimum absolute atomic E-state index is 0.00603. The quantitative estimate of drug-likeness (QED) is 0.858. The number of nitrogens with one attached hydrogen (secondary N) is 2. The lowest BCUT2D eigenvalue weighted by Crippen LogP contribution is -2.28. The van der Waals surface area contributed by atoms with Crippen LogP contribution in [0.25, 0.3) is 11.1 Å². The van der Waals surface area contributed by atoms with Crippen LogP contribution in [-0.2, 0) is 9.53 Å². The molecule has 1 aliphatic rings. The number of fused-ring (bicyclic) bond motifs is 1. The first kappa shape index (κ1) is 12.0. The first-order chi connectivity index (χ1) is 9.22. The van der Waals surface area contributed by atoms with Crippen LogP contribution < -0.4 is 11.1 Å². The lowest BCUT2D eigenvalue weighted by molar-refractivity contribution is -0.122. The zero-order valence-electron chi connectivity index (χ0n) is 10.3. The molecule has 1 aliphatic heterocycles. The highest BCUT2D eigenvalue weighted by atomic mass is 16.5. The van der Waals surface area contributed by atoms with Gasteiger partial charge in [0.15, 0.2) is 5.58 Å². The van der Waals surface area contributed by atoms with Gasteiger partial charge in [-0.25, -0.2) is 4.79 Å². The van der Waals surface area contributed by atoms with E-state index in [4.69, 9.17) is 9.15 Å². The molecule has 0 radical (unpaired) electrons. The molecule has 2 heterocycles. The fourth-order valence-corrected chi connectivity index (χ4v) is 2.23. The van der Waals surface area contributed by atoms with Gasteiger partial charge >= 0.3 is 5.76 Å². The summed E-state index contributed by atoms with van der Waals surface area (Å²) in [5.74, 6) is -0.510. The number of carbonyl (C=O) groups excluding carboxylic acids is 1. The number of hydrogen-bond donors (Lipinski definition) is 2. The Bertz CT molecular complexity index is 652. The Hall–Kier alpha value is -2.08. The van der Waals surface area contributed by atoms with E-state index in [1.165, 1.54) is 0 Å². The smallest absolute Gasteiger partial charge is 0.408 e. The molecule has 0 unspecified atom stereocenters. The largest absolute Gasteiger partial charge is 0.417 e. The van der Waals surface area contributed by atoms with E-state index < -0.39 is 5.76 Å². The van der Waals surface area contributed by atoms with Crippen molar-refractivity contribution in [3.63, 3.8) is 0 Å². The maximum atomic E-state index is 12.0. The summed E-state index contributed by atoms with van der Waals surface area (Å²) >= 11 is 0. The molecule has 0 saturated carbocycles. The molecule has 1 fully saturated rings. The van der Waals surface area contributed by atoms with E-state index >= 15 is 0 Å². The second kappa shape index (κ2) is 4.89. The SMILES string of the molecule is O=C(Nc1ccc2oc(=O)[nH]c2c1)C1CCOCC1. The van der Waals surface area contributed by atoms with E-state index in [1.54, 1.807) is 18.2 Å². The Morgan fingerprint density at radius 3 is 2.89 bits per heavy atom. The van der Waals surface area contributed by atoms with Crippen molar-refractivity contribution in [2.45, 2.75) is 12.8 Å². The number of carbonyl (C=O) groups is 1. The molecule has 1 amide bonds. The van der Waals surface area contributed by atoms with Gasteiger partial charge in [0.2, 0.25) is 5.91 Å². The summed E-state index contributed by atoms with van der Waals surface area (Å²) in [6, 6.07) is 5.07. The molecule has 1 saturated heterocycles. The molecule has 1 aromatic carbocycles. The number of anilines is 1. The molecule has 100 valence electrons. The predicted molar refractivity (Wildman–Crippen MR) is 69.0 cm³/mol. The van der Waals surface area contributed by atoms with Crippen molar-refractivity contribution in [3.05, 3.63) is 28.7 Å². The monoisotopic (exact) mass is 262 g/mol. The van der Waals surface area contributed by atoms with Crippen LogP contribution in [0.5, 0.6) is 0 Å². The normalized spacial score (nSPS) is 16.6. The Balaban J connectivity index is 1.76. The van der Waals surface area contributed by atoms with E-state index in [1.807, 2.05) is 0 Å². The number of aromatic amines is 1. The molecule has 2 N–H and O–H groups in total. The van der Waals surface area contributed by atoms with Crippen LogP contribution in [0.1, 0.15) is 12.8 Å². The molecule has 19 heavy (non-hydrogen) atoms. The average Bonchev–Trinajstić information content (AvgIpc) is 2.79. The molecule has 0 atom stereocenters. The minimum atomic E-state index is -0.497. The summed E-state index contributed by atoms with van der Waals surface area (Å²) < 4.78 is 10.1. The van der Waals surface area contributed by atoms with Crippen LogP contribution in [-0.4, -0.2) is 24.1 Å². The van der Waals surface area contributed by atoms with Crippen molar-refractivity contribution in [2.24, 2.45) is 5.92 Å². The van der Waals surface area contributed by atoms with Crippen LogP contribution in [0.15, 0.2) is 27.4 Å². The molecule has 1 aromatic heterocycles. The summed E-state index contributed by atoms with van der Waals surface area (Å²) in [6.45, 7) is 1.26. The zero-order chi connectivity index (χ0) is 13.2. The summed E-state index contributed by atoms with van der Waals surface area (Å²) in [7, 11) is 0. The molecule has 6 heteroatoms. The summed E-state index contributed by atoms with van der Waals surface area (Å²) in [5, 5.41) is 2.85. The van der Waals surface area contributed by atoms with Gasteiger partial charge in [-0.2, -0.15) is 0 Å². The predicted octanol–water partition coefficient (Wildman–Crippen LogP) is 1.49. The van der Waals surface area contributed by atoms with Crippen LogP contribution >= 0.6 is 0 Å². The standard InChI is InChI=1S/C13H14N2O4/c16-12(8-3-5-18-6-4-8)14-9-1-2-11-10(7-9)15-13(17)19-11/h1-2,7-8H,3-6H2,(H,14,16)(H,15,17). The Kier molecular flexibility index (Phi) is 3.08. The summed E-state index contributed by atoms with van der Waals surface area (Å²) in [5.41, 5.74) is 1.71. The van der Waals surface area contributed by atoms with Crippen molar-refractivity contribution in [2.75, 3.05) is 18.5 Å². The van der Waals surface area contributed by atoms with Gasteiger partial charge in [-0.05, 0) is 31.0 Å². The lowest BCUT2D eigenvalue weighted by atomic mass is 9.99. The number of aromatic nitrogens is 1. The van der Waals surface area contributed by atoms with Gasteiger partial charge in [0.25, 0.3) is 0 Å². The van der Waals surface area contributed by atoms with Crippen molar-refractivity contribution < 1.29 is 13.9 Å². The Labute approximate surface area is 108 Å². The van der Waals surface area contributed by atoms with E-state index in [2.05, 4.69) is 10.3 Å². The van der Waals surface area contributed by atoms with E-state index in [0.717, 1.165) is 12.8 Å². The molecule has 3 rings (SSSR count). The highest BCUT2D eigenvalue weighted by Gasteiger charge is 2.21. The summed E-state index contributed by atoms with van der Waals surface area (Å²) in [6.07, 6.45) is 1.49. The summed E-state index contributed by atoms with van der Waals surface area (Å²) in [4.78, 5) is 25.7. The van der Waals surface area contributed by atoms with Crippen molar-refractivity contribution >= 4 is 22.7 Å². The highest BCUT2D eigenvalue weighted by molar-refractivity contribution is 5.94. The fraction of sp³-hybridized carbons (Fsp3) is 0.385. The van der Waals surface area contributed by atoms with Gasteiger partial charge in [0, 0.05) is 24.8 Å². The lowest BCUT2D eigenvalue weighted by Gasteiger charge is -2.21. The average molecular weight is 262 g/mol. The third kappa shape index (κ3) is 2.53. The van der Waals surface area contributed by atoms with Crippen molar-refractivity contribution in [1.82, 2.24) is 4.98 Å². The maximum Gasteiger partial charge on any atom is 0.417 e. The first-order valence-corrected chi connectivity index (χ1v) is 6.24. The Morgan fingerprint density at radius 1 is 1.32 bits per heavy atom. The minimum Gasteiger partial charge on any atom is -0.408 e. The maximum absolute atomic E-state index is 12.0. The number of amides is 1. The number of H-pyrrole nitrogens is 1. The number of rotatable bonds is 2. The van der Waals surface area contributed by atoms with E-state index in [9.17, 15) is 9.59 Å². The second-order valence-corrected chi connectivity index (χ2v) is 4.60. The van der Waals surface area contributed by atoms with Gasteiger partial charge in [-0.15, -0.1) is 0 Å². The number of oxazole rings is 1. The van der Waals surface area contributed by atoms with E-state index in [-0.39, 0.29) is 11.8 Å². The van der Waals surface area contributed by atoms with Crippen LogP contribution in [0, 0.1) is 5.92 Å². The van der Waals surface area contributed by atoms with Crippen LogP contribution in [0.2, 0.25) is 0 Å². The third-order valence-corrected chi connectivity index (χ3v) is 3.28. The molecule has 6 nitrogen and oxygen atoms in total. The third-order valence-electron chi connectivity index (χ3n) is 3.28. The number of benzene rings is 1. The van der Waals surface area contributed by atoms with E-state index in [0.29, 0.717) is 30.0 Å². The topological polar surface area (TPSA) is 84.3 Å². The van der Waals surface area contributed by atoms with Gasteiger partial charge in [0.1, 0.15) is 0 Å². The molecular formula is C13H14N2O4. The highest BCUT2D eigenvalue weighted by Crippen LogP contribution is 2.20. The van der Waals surface area contributed by atoms with Gasteiger partial charge in [-0.1, -0.05) is 0 Å². The molecule has 0 spiro atoms. The van der Waals surface area contributed by atoms with Crippen LogP contribution in [0.3, 0.4) is 0 Å². The van der Waals surface area contributed by atoms with Gasteiger partial charge in [-0.3, -0.25) is 9.78 Å². The zero-order valence-corrected chi connectivity index (χ0v) is 10.3. The first-order valence-electron chi connectivity index (χ1n) is 6.24. The molecule has 0 bridgehead atoms. The van der Waals surface area contributed by atoms with Crippen LogP contribution in [0.4, 0.5) is 5.69 Å². The molecule has 2 aromatic rings. The van der Waals surface area contributed by atoms with Crippen molar-refractivity contribution in [3.8, 4) is 0 Å². The van der Waals surface area contributed by atoms with Gasteiger partial charge < -0.3 is 14.5 Å². The molecular weight excluding hydrogens is 248 g/mol. The molecule has 0 aliphatic carbocycles. The Morgan fingerprint density at radius 2 is 2.11 bits per heavy atom. The number of hydrogen-bond acceptors (Lipinski definition) is 4. The fourth-order valence-electron chi connectivity index (χ4n) is 2.23. The second-order valence-electron chi connectivity index (χ2n) is 4.60. The number of ether oxygens (including phenoxy) is 1. The van der Waals surface area contributed by atoms with Gasteiger partial charge in [0.05, 0.1) is 5.52 Å².